The molecule has 1 saturated heterocycles. The number of amides is 3. The lowest BCUT2D eigenvalue weighted by Crippen LogP contribution is -2.39. The van der Waals surface area contributed by atoms with E-state index in [1.54, 1.807) is 4.90 Å². The molecule has 1 aliphatic carbocycles. The van der Waals surface area contributed by atoms with Crippen LogP contribution in [0.5, 0.6) is 5.75 Å². The Morgan fingerprint density at radius 3 is 2.78 bits per heavy atom. The van der Waals surface area contributed by atoms with Crippen molar-refractivity contribution in [1.82, 2.24) is 15.5 Å². The Kier molecular flexibility index (Phi) is 6.41. The summed E-state index contributed by atoms with van der Waals surface area (Å²) in [7, 11) is 0. The molecule has 0 radical (unpaired) electrons. The lowest BCUT2D eigenvalue weighted by atomic mass is 9.84. The minimum atomic E-state index is -0.494. The van der Waals surface area contributed by atoms with Crippen molar-refractivity contribution in [3.63, 3.8) is 0 Å². The molecule has 8 heteroatoms. The van der Waals surface area contributed by atoms with Gasteiger partial charge < -0.3 is 15.4 Å². The molecule has 3 aliphatic rings. The number of ether oxygens (including phenoxy) is 1. The molecule has 7 nitrogen and oxygen atoms in total. The highest BCUT2D eigenvalue weighted by molar-refractivity contribution is 14.1. The van der Waals surface area contributed by atoms with Crippen LogP contribution in [-0.2, 0) is 14.4 Å². The van der Waals surface area contributed by atoms with Crippen LogP contribution >= 0.6 is 22.6 Å². The first kappa shape index (κ1) is 22.6. The molecule has 1 aromatic rings. The third kappa shape index (κ3) is 3.96. The molecule has 32 heavy (non-hydrogen) atoms. The van der Waals surface area contributed by atoms with Gasteiger partial charge in [-0.1, -0.05) is 39.0 Å². The Hall–Kier alpha value is -2.62. The van der Waals surface area contributed by atoms with Crippen LogP contribution in [0.3, 0.4) is 0 Å². The topological polar surface area (TPSA) is 87.7 Å². The Balaban J connectivity index is 1.60. The number of carbonyl (C=O) groups is 3. The van der Waals surface area contributed by atoms with E-state index in [1.165, 1.54) is 0 Å². The summed E-state index contributed by atoms with van der Waals surface area (Å²) in [4.78, 5) is 39.1. The predicted molar refractivity (Wildman–Crippen MR) is 129 cm³/mol. The van der Waals surface area contributed by atoms with E-state index in [-0.39, 0.29) is 36.2 Å². The van der Waals surface area contributed by atoms with Crippen molar-refractivity contribution in [2.75, 3.05) is 13.2 Å². The first-order chi connectivity index (χ1) is 15.3. The first-order valence-electron chi connectivity index (χ1n) is 10.8. The Morgan fingerprint density at radius 1 is 1.31 bits per heavy atom. The van der Waals surface area contributed by atoms with E-state index in [0.717, 1.165) is 21.1 Å². The maximum absolute atomic E-state index is 13.1. The van der Waals surface area contributed by atoms with Crippen molar-refractivity contribution in [3.05, 3.63) is 62.5 Å². The van der Waals surface area contributed by atoms with Crippen LogP contribution < -0.4 is 15.4 Å². The van der Waals surface area contributed by atoms with Gasteiger partial charge in [0, 0.05) is 23.6 Å². The Morgan fingerprint density at radius 2 is 2.09 bits per heavy atom. The highest BCUT2D eigenvalue weighted by atomic mass is 127. The molecule has 0 saturated carbocycles. The van der Waals surface area contributed by atoms with Gasteiger partial charge in [0.05, 0.1) is 3.57 Å². The summed E-state index contributed by atoms with van der Waals surface area (Å²) >= 11 is 2.19. The molecule has 0 spiro atoms. The summed E-state index contributed by atoms with van der Waals surface area (Å²) in [6.07, 6.45) is 6.62. The van der Waals surface area contributed by atoms with Crippen molar-refractivity contribution in [3.8, 4) is 5.75 Å². The fourth-order valence-electron chi connectivity index (χ4n) is 4.30. The molecule has 3 amide bonds. The maximum Gasteiger partial charge on any atom is 0.260 e. The molecule has 2 aliphatic heterocycles. The number of benzene rings is 1. The molecule has 1 aromatic carbocycles. The van der Waals surface area contributed by atoms with E-state index in [9.17, 15) is 14.4 Å². The minimum absolute atomic E-state index is 0.0103. The Labute approximate surface area is 201 Å². The molecular formula is C24H26IN3O4. The standard InChI is InChI=1S/C24H26IN3O4/c1-4-10-26-19(29)12-32-18-9-8-14(11-17(18)25)15-6-5-7-16-20(15)22-27-23(30)21(13(2)3)28(22)24(16)31/h5-9,11,13,15,21H,4,10,12H2,1-3H3,(H,26,29)(H,27,30). The van der Waals surface area contributed by atoms with E-state index in [2.05, 4.69) is 33.2 Å². The van der Waals surface area contributed by atoms with Crippen LogP contribution in [0.2, 0.25) is 0 Å². The van der Waals surface area contributed by atoms with Gasteiger partial charge in [-0.05, 0) is 58.7 Å². The molecule has 168 valence electrons. The number of halogens is 1. The van der Waals surface area contributed by atoms with Crippen LogP contribution in [0.25, 0.3) is 0 Å². The number of carbonyl (C=O) groups excluding carboxylic acids is 3. The largest absolute Gasteiger partial charge is 0.483 e. The average Bonchev–Trinajstić information content (AvgIpc) is 3.24. The van der Waals surface area contributed by atoms with Crippen LogP contribution in [0, 0.1) is 9.49 Å². The van der Waals surface area contributed by atoms with Crippen LogP contribution in [-0.4, -0.2) is 41.8 Å². The van der Waals surface area contributed by atoms with Crippen molar-refractivity contribution in [1.29, 1.82) is 0 Å². The zero-order valence-corrected chi connectivity index (χ0v) is 20.4. The first-order valence-corrected chi connectivity index (χ1v) is 11.9. The maximum atomic E-state index is 13.1. The third-order valence-electron chi connectivity index (χ3n) is 5.78. The molecule has 2 atom stereocenters. The summed E-state index contributed by atoms with van der Waals surface area (Å²) < 4.78 is 6.56. The number of nitrogens with zero attached hydrogens (tertiary/aromatic N) is 1. The van der Waals surface area contributed by atoms with Crippen molar-refractivity contribution in [2.24, 2.45) is 5.92 Å². The fraction of sp³-hybridized carbons (Fsp3) is 0.375. The zero-order chi connectivity index (χ0) is 23.0. The van der Waals surface area contributed by atoms with Crippen molar-refractivity contribution >= 4 is 40.3 Å². The average molecular weight is 547 g/mol. The molecule has 1 fully saturated rings. The van der Waals surface area contributed by atoms with Gasteiger partial charge >= 0.3 is 0 Å². The summed E-state index contributed by atoms with van der Waals surface area (Å²) in [5, 5.41) is 5.74. The highest BCUT2D eigenvalue weighted by Gasteiger charge is 2.50. The monoisotopic (exact) mass is 547 g/mol. The molecule has 0 bridgehead atoms. The molecule has 0 aromatic heterocycles. The van der Waals surface area contributed by atoms with E-state index in [0.29, 0.717) is 23.7 Å². The summed E-state index contributed by atoms with van der Waals surface area (Å²) in [5.41, 5.74) is 2.44. The summed E-state index contributed by atoms with van der Waals surface area (Å²) in [6.45, 7) is 6.48. The SMILES string of the molecule is CCCNC(=O)COc1ccc(C2C=CC=C3C(=O)N4C(=C32)NC(=O)C4C(C)C)cc1I. The smallest absolute Gasteiger partial charge is 0.260 e. The summed E-state index contributed by atoms with van der Waals surface area (Å²) in [5.74, 6) is 0.660. The summed E-state index contributed by atoms with van der Waals surface area (Å²) in [6, 6.07) is 5.29. The zero-order valence-electron chi connectivity index (χ0n) is 18.3. The molecule has 2 N–H and O–H groups in total. The predicted octanol–water partition coefficient (Wildman–Crippen LogP) is 2.98. The van der Waals surface area contributed by atoms with Crippen LogP contribution in [0.4, 0.5) is 0 Å². The van der Waals surface area contributed by atoms with Gasteiger partial charge in [0.1, 0.15) is 17.6 Å². The minimum Gasteiger partial charge on any atom is -0.483 e. The normalized spacial score (nSPS) is 21.5. The highest BCUT2D eigenvalue weighted by Crippen LogP contribution is 2.45. The second-order valence-electron chi connectivity index (χ2n) is 8.39. The lowest BCUT2D eigenvalue weighted by Gasteiger charge is -2.21. The number of nitrogens with one attached hydrogen (secondary N) is 2. The number of hydrogen-bond acceptors (Lipinski definition) is 4. The van der Waals surface area contributed by atoms with E-state index in [1.807, 2.05) is 57.2 Å². The van der Waals surface area contributed by atoms with Crippen molar-refractivity contribution in [2.45, 2.75) is 39.2 Å². The van der Waals surface area contributed by atoms with Crippen LogP contribution in [0.1, 0.15) is 38.7 Å². The van der Waals surface area contributed by atoms with E-state index >= 15 is 0 Å². The quantitative estimate of drug-likeness (QED) is 0.514. The second-order valence-corrected chi connectivity index (χ2v) is 9.55. The van der Waals surface area contributed by atoms with Gasteiger partial charge in [-0.2, -0.15) is 0 Å². The molecule has 2 heterocycles. The van der Waals surface area contributed by atoms with E-state index in [4.69, 9.17) is 4.74 Å². The van der Waals surface area contributed by atoms with Gasteiger partial charge in [-0.25, -0.2) is 0 Å². The molecule has 4 rings (SSSR count). The van der Waals surface area contributed by atoms with Gasteiger partial charge in [0.15, 0.2) is 6.61 Å². The number of rotatable bonds is 7. The van der Waals surface area contributed by atoms with Gasteiger partial charge in [0.25, 0.3) is 11.8 Å². The fourth-order valence-corrected chi connectivity index (χ4v) is 5.00. The lowest BCUT2D eigenvalue weighted by molar-refractivity contribution is -0.131. The van der Waals surface area contributed by atoms with Gasteiger partial charge in [-0.15, -0.1) is 0 Å². The van der Waals surface area contributed by atoms with E-state index < -0.39 is 6.04 Å². The molecule has 2 unspecified atom stereocenters. The van der Waals surface area contributed by atoms with Gasteiger partial charge in [0.2, 0.25) is 5.91 Å². The Bertz CT molecular complexity index is 1070. The second kappa shape index (κ2) is 9.09. The number of fused-ring (bicyclic) bond motifs is 2. The molecular weight excluding hydrogens is 521 g/mol. The van der Waals surface area contributed by atoms with Crippen molar-refractivity contribution < 1.29 is 19.1 Å². The van der Waals surface area contributed by atoms with Gasteiger partial charge in [-0.3, -0.25) is 19.3 Å². The number of allylic oxidation sites excluding steroid dienone is 3. The number of hydrogen-bond donors (Lipinski definition) is 2. The third-order valence-corrected chi connectivity index (χ3v) is 6.62. The van der Waals surface area contributed by atoms with Crippen LogP contribution in [0.15, 0.2) is 53.4 Å².